The van der Waals surface area contributed by atoms with Gasteiger partial charge in [-0.1, -0.05) is 16.4 Å². The van der Waals surface area contributed by atoms with Crippen LogP contribution in [0.3, 0.4) is 0 Å². The molecule has 1 heterocycles. The monoisotopic (exact) mass is 504 g/mol. The third-order valence-electron chi connectivity index (χ3n) is 5.21. The fraction of sp³-hybridized carbons (Fsp3) is 0.118. The minimum atomic E-state index is -0.459. The summed E-state index contributed by atoms with van der Waals surface area (Å²) in [7, 11) is 8.11. The molecule has 3 rings (SSSR count). The number of fused-ring (bicyclic) bond motifs is 1. The van der Waals surface area contributed by atoms with Crippen LogP contribution in [0.1, 0.15) is 34.0 Å². The lowest BCUT2D eigenvalue weighted by Gasteiger charge is -2.12. The number of carbonyl (C=O) groups excluding carboxylic acids is 1. The molecule has 3 aromatic rings. The average molecular weight is 506 g/mol. The normalized spacial score (nSPS) is 12.4. The van der Waals surface area contributed by atoms with Crippen LogP contribution in [0.4, 0.5) is 0 Å². The summed E-state index contributed by atoms with van der Waals surface area (Å²) in [5, 5.41) is 10.3. The summed E-state index contributed by atoms with van der Waals surface area (Å²) < 4.78 is 6.99. The van der Waals surface area contributed by atoms with Crippen molar-refractivity contribution >= 4 is 113 Å². The van der Waals surface area contributed by atoms with E-state index in [1.54, 1.807) is 19.1 Å². The van der Waals surface area contributed by atoms with Gasteiger partial charge in [-0.15, -0.1) is 17.1 Å². The lowest BCUT2D eigenvalue weighted by atomic mass is 9.65. The number of phenols is 1. The van der Waals surface area contributed by atoms with E-state index in [4.69, 9.17) is 16.0 Å². The Balaban J connectivity index is 2.40. The zero-order valence-electron chi connectivity index (χ0n) is 15.6. The molecule has 0 fully saturated rings. The van der Waals surface area contributed by atoms with E-state index in [0.717, 1.165) is 27.2 Å². The Bertz CT molecular complexity index is 1090. The van der Waals surface area contributed by atoms with E-state index in [2.05, 4.69) is 47.6 Å². The molecule has 0 aliphatic rings. The van der Waals surface area contributed by atoms with Gasteiger partial charge in [-0.05, 0) is 50.9 Å². The molecule has 0 amide bonds. The van der Waals surface area contributed by atoms with E-state index in [0.29, 0.717) is 31.4 Å². The van der Waals surface area contributed by atoms with Crippen LogP contribution in [0.5, 0.6) is 5.75 Å². The van der Waals surface area contributed by atoms with Crippen LogP contribution in [-0.2, 0) is 0 Å². The average Bonchev–Trinajstić information content (AvgIpc) is 3.02. The van der Waals surface area contributed by atoms with Gasteiger partial charge < -0.3 is 9.52 Å². The van der Waals surface area contributed by atoms with Gasteiger partial charge in [0, 0.05) is 10.9 Å². The van der Waals surface area contributed by atoms with Crippen LogP contribution in [0, 0.1) is 0 Å². The van der Waals surface area contributed by atoms with E-state index in [9.17, 15) is 9.90 Å². The molecule has 1 aromatic heterocycles. The van der Waals surface area contributed by atoms with Gasteiger partial charge in [-0.25, -0.2) is 0 Å². The lowest BCUT2D eigenvalue weighted by Crippen LogP contribution is -2.47. The first-order chi connectivity index (χ1) is 12.6. The van der Waals surface area contributed by atoms with Crippen LogP contribution in [0.15, 0.2) is 25.5 Å². The third kappa shape index (κ3) is 3.32. The van der Waals surface area contributed by atoms with E-state index < -0.39 is 5.38 Å². The SMILES string of the molecule is Bc1c(B)c(B)c2c(C(=O)c3cc(Br)c(O)c(Br)c3)c(C(C)Cl)oc2c1B. The molecule has 0 bridgehead atoms. The molecule has 134 valence electrons. The minimum absolute atomic E-state index is 0.0491. The molecule has 1 atom stereocenters. The highest BCUT2D eigenvalue weighted by Gasteiger charge is 2.28. The third-order valence-corrected chi connectivity index (χ3v) is 6.61. The Kier molecular flexibility index (Phi) is 5.68. The van der Waals surface area contributed by atoms with E-state index in [1.807, 2.05) is 15.7 Å². The number of aromatic hydroxyl groups is 1. The van der Waals surface area contributed by atoms with Crippen molar-refractivity contribution in [2.45, 2.75) is 12.3 Å². The Morgan fingerprint density at radius 3 is 2.11 bits per heavy atom. The summed E-state index contributed by atoms with van der Waals surface area (Å²) in [4.78, 5) is 13.5. The van der Waals surface area contributed by atoms with Crippen molar-refractivity contribution in [1.82, 2.24) is 0 Å². The second-order valence-corrected chi connectivity index (χ2v) is 9.14. The molecule has 27 heavy (non-hydrogen) atoms. The highest BCUT2D eigenvalue weighted by atomic mass is 79.9. The first kappa shape index (κ1) is 20.7. The molecular formula is C17H15B4Br2ClO3. The van der Waals surface area contributed by atoms with Crippen molar-refractivity contribution in [3.63, 3.8) is 0 Å². The van der Waals surface area contributed by atoms with Crippen molar-refractivity contribution < 1.29 is 14.3 Å². The molecule has 3 nitrogen and oxygen atoms in total. The van der Waals surface area contributed by atoms with Crippen molar-refractivity contribution in [1.29, 1.82) is 0 Å². The maximum Gasteiger partial charge on any atom is 0.197 e. The van der Waals surface area contributed by atoms with Gasteiger partial charge >= 0.3 is 0 Å². The number of alkyl halides is 1. The minimum Gasteiger partial charge on any atom is -0.506 e. The van der Waals surface area contributed by atoms with Crippen LogP contribution in [-0.4, -0.2) is 42.3 Å². The van der Waals surface area contributed by atoms with Gasteiger partial charge in [-0.2, -0.15) is 0 Å². The molecule has 1 unspecified atom stereocenters. The molecular weight excluding hydrogens is 491 g/mol. The molecule has 0 spiro atoms. The molecule has 0 saturated carbocycles. The maximum atomic E-state index is 13.5. The molecule has 0 radical (unpaired) electrons. The Morgan fingerprint density at radius 2 is 1.59 bits per heavy atom. The standard InChI is InChI=1S/C17H15B4Br2ClO3/c1-4(24)16-9(14(25)5-2-6(22)15(26)7(23)3-5)8-10(18)11(19)12(20)13(21)17(8)27-16/h2-4,26H,18-21H2,1H3. The maximum absolute atomic E-state index is 13.5. The molecule has 0 aliphatic heterocycles. The Labute approximate surface area is 183 Å². The summed E-state index contributed by atoms with van der Waals surface area (Å²) in [6.45, 7) is 1.79. The molecule has 0 aliphatic carbocycles. The number of hydrogen-bond donors (Lipinski definition) is 1. The van der Waals surface area contributed by atoms with Crippen LogP contribution >= 0.6 is 43.5 Å². The second-order valence-electron chi connectivity index (χ2n) is 6.78. The number of furan rings is 1. The number of rotatable bonds is 3. The van der Waals surface area contributed by atoms with E-state index in [-0.39, 0.29) is 11.5 Å². The van der Waals surface area contributed by atoms with Crippen LogP contribution in [0.25, 0.3) is 11.0 Å². The summed E-state index contributed by atoms with van der Waals surface area (Å²) in [5.74, 6) is 0.324. The number of carbonyl (C=O) groups is 1. The zero-order valence-corrected chi connectivity index (χ0v) is 19.6. The zero-order chi connectivity index (χ0) is 20.2. The molecule has 1 N–H and O–H groups in total. The van der Waals surface area contributed by atoms with Crippen LogP contribution < -0.4 is 21.9 Å². The highest BCUT2D eigenvalue weighted by Crippen LogP contribution is 2.37. The number of benzene rings is 2. The smallest absolute Gasteiger partial charge is 0.197 e. The number of halogens is 3. The van der Waals surface area contributed by atoms with Gasteiger partial charge in [0.2, 0.25) is 0 Å². The van der Waals surface area contributed by atoms with Gasteiger partial charge in [0.05, 0.1) is 19.9 Å². The van der Waals surface area contributed by atoms with Gasteiger partial charge in [0.15, 0.2) is 5.78 Å². The predicted molar refractivity (Wildman–Crippen MR) is 130 cm³/mol. The first-order valence-corrected chi connectivity index (χ1v) is 10.5. The first-order valence-electron chi connectivity index (χ1n) is 8.45. The topological polar surface area (TPSA) is 50.4 Å². The highest BCUT2D eigenvalue weighted by molar-refractivity contribution is 9.11. The van der Waals surface area contributed by atoms with Crippen LogP contribution in [0.2, 0.25) is 0 Å². The Morgan fingerprint density at radius 1 is 1.07 bits per heavy atom. The summed E-state index contributed by atoms with van der Waals surface area (Å²) in [5.41, 5.74) is 5.94. The summed E-state index contributed by atoms with van der Waals surface area (Å²) in [6, 6.07) is 3.21. The van der Waals surface area contributed by atoms with Crippen molar-refractivity contribution in [3.05, 3.63) is 38.0 Å². The lowest BCUT2D eigenvalue weighted by molar-refractivity contribution is 0.103. The van der Waals surface area contributed by atoms with Crippen molar-refractivity contribution in [2.75, 3.05) is 0 Å². The number of ketones is 1. The van der Waals surface area contributed by atoms with Crippen molar-refractivity contribution in [2.24, 2.45) is 0 Å². The molecule has 0 saturated heterocycles. The fourth-order valence-electron chi connectivity index (χ4n) is 3.34. The van der Waals surface area contributed by atoms with Gasteiger partial charge in [0.1, 0.15) is 48.5 Å². The number of hydrogen-bond acceptors (Lipinski definition) is 3. The van der Waals surface area contributed by atoms with Gasteiger partial charge in [-0.3, -0.25) is 4.79 Å². The molecule has 10 heteroatoms. The predicted octanol–water partition coefficient (Wildman–Crippen LogP) is -0.772. The summed E-state index contributed by atoms with van der Waals surface area (Å²) >= 11 is 13.0. The van der Waals surface area contributed by atoms with E-state index in [1.165, 1.54) is 0 Å². The van der Waals surface area contributed by atoms with Gasteiger partial charge in [0.25, 0.3) is 0 Å². The largest absolute Gasteiger partial charge is 0.506 e. The van der Waals surface area contributed by atoms with E-state index >= 15 is 0 Å². The number of phenolic OH excluding ortho intramolecular Hbond substituents is 1. The fourth-order valence-corrected chi connectivity index (χ4v) is 4.68. The van der Waals surface area contributed by atoms with Crippen molar-refractivity contribution in [3.8, 4) is 5.75 Å². The Hall–Kier alpha value is -1.04. The summed E-state index contributed by atoms with van der Waals surface area (Å²) in [6.07, 6.45) is 0. The molecule has 2 aromatic carbocycles. The quantitative estimate of drug-likeness (QED) is 0.289. The second kappa shape index (κ2) is 7.41.